The molecule has 1 aliphatic heterocycles. The SMILES string of the molecule is CCCN(CCCC(C)(C)C#N)CC1CCNCC1. The topological polar surface area (TPSA) is 39.1 Å². The van der Waals surface area contributed by atoms with Crippen LogP contribution in [0.15, 0.2) is 0 Å². The van der Waals surface area contributed by atoms with Crippen molar-refractivity contribution < 1.29 is 0 Å². The fourth-order valence-electron chi connectivity index (χ4n) is 2.84. The lowest BCUT2D eigenvalue weighted by Crippen LogP contribution is -2.37. The smallest absolute Gasteiger partial charge is 0.0683 e. The van der Waals surface area contributed by atoms with Crippen LogP contribution in [0, 0.1) is 22.7 Å². The van der Waals surface area contributed by atoms with Crippen LogP contribution >= 0.6 is 0 Å². The fraction of sp³-hybridized carbons (Fsp3) is 0.938. The lowest BCUT2D eigenvalue weighted by atomic mass is 9.89. The van der Waals surface area contributed by atoms with Crippen molar-refractivity contribution in [3.63, 3.8) is 0 Å². The van der Waals surface area contributed by atoms with E-state index in [1.807, 2.05) is 13.8 Å². The van der Waals surface area contributed by atoms with Gasteiger partial charge in [-0.05, 0) is 78.0 Å². The van der Waals surface area contributed by atoms with Crippen molar-refractivity contribution in [2.75, 3.05) is 32.7 Å². The maximum Gasteiger partial charge on any atom is 0.0683 e. The minimum atomic E-state index is -0.160. The van der Waals surface area contributed by atoms with Crippen LogP contribution in [0.3, 0.4) is 0 Å². The zero-order valence-corrected chi connectivity index (χ0v) is 13.0. The molecule has 0 unspecified atom stereocenters. The van der Waals surface area contributed by atoms with Gasteiger partial charge >= 0.3 is 0 Å². The van der Waals surface area contributed by atoms with E-state index in [4.69, 9.17) is 5.26 Å². The van der Waals surface area contributed by atoms with E-state index in [0.29, 0.717) is 0 Å². The standard InChI is InChI=1S/C16H31N3/c1-4-11-19(12-5-8-16(2,3)14-17)13-15-6-9-18-10-7-15/h15,18H,4-13H2,1-3H3. The van der Waals surface area contributed by atoms with Gasteiger partial charge in [0.25, 0.3) is 0 Å². The van der Waals surface area contributed by atoms with Crippen molar-refractivity contribution in [1.29, 1.82) is 5.26 Å². The number of piperidine rings is 1. The molecule has 110 valence electrons. The summed E-state index contributed by atoms with van der Waals surface area (Å²) in [6, 6.07) is 2.40. The molecular weight excluding hydrogens is 234 g/mol. The first-order valence-electron chi connectivity index (χ1n) is 7.91. The Hall–Kier alpha value is -0.590. The quantitative estimate of drug-likeness (QED) is 0.733. The minimum Gasteiger partial charge on any atom is -0.317 e. The summed E-state index contributed by atoms with van der Waals surface area (Å²) in [4.78, 5) is 2.61. The average Bonchev–Trinajstić information content (AvgIpc) is 2.40. The molecule has 0 aromatic heterocycles. The lowest BCUT2D eigenvalue weighted by Gasteiger charge is -2.30. The Labute approximate surface area is 119 Å². The van der Waals surface area contributed by atoms with E-state index in [1.165, 1.54) is 45.4 Å². The first-order chi connectivity index (χ1) is 9.07. The highest BCUT2D eigenvalue weighted by Crippen LogP contribution is 2.21. The van der Waals surface area contributed by atoms with Crippen molar-refractivity contribution in [3.8, 4) is 6.07 Å². The third-order valence-corrected chi connectivity index (χ3v) is 4.09. The molecule has 0 aromatic rings. The molecule has 0 aliphatic carbocycles. The van der Waals surface area contributed by atoms with E-state index in [2.05, 4.69) is 23.2 Å². The molecule has 1 aliphatic rings. The molecule has 1 fully saturated rings. The van der Waals surface area contributed by atoms with Crippen LogP contribution in [0.2, 0.25) is 0 Å². The molecule has 1 heterocycles. The van der Waals surface area contributed by atoms with Crippen LogP contribution < -0.4 is 5.32 Å². The highest BCUT2D eigenvalue weighted by atomic mass is 15.1. The van der Waals surface area contributed by atoms with Gasteiger partial charge in [-0.1, -0.05) is 6.92 Å². The third-order valence-electron chi connectivity index (χ3n) is 4.09. The largest absolute Gasteiger partial charge is 0.317 e. The van der Waals surface area contributed by atoms with Gasteiger partial charge in [0.05, 0.1) is 11.5 Å². The van der Waals surface area contributed by atoms with E-state index in [1.54, 1.807) is 0 Å². The van der Waals surface area contributed by atoms with Gasteiger partial charge in [-0.3, -0.25) is 0 Å². The zero-order chi connectivity index (χ0) is 14.1. The number of hydrogen-bond acceptors (Lipinski definition) is 3. The van der Waals surface area contributed by atoms with Gasteiger partial charge in [-0.15, -0.1) is 0 Å². The summed E-state index contributed by atoms with van der Waals surface area (Å²) in [6.07, 6.45) is 6.03. The maximum absolute atomic E-state index is 9.05. The monoisotopic (exact) mass is 265 g/mol. The van der Waals surface area contributed by atoms with Gasteiger partial charge in [0.1, 0.15) is 0 Å². The molecule has 0 radical (unpaired) electrons. The Morgan fingerprint density at radius 2 is 1.95 bits per heavy atom. The van der Waals surface area contributed by atoms with Gasteiger partial charge in [-0.2, -0.15) is 5.26 Å². The highest BCUT2D eigenvalue weighted by molar-refractivity contribution is 4.91. The van der Waals surface area contributed by atoms with Gasteiger partial charge in [0.15, 0.2) is 0 Å². The predicted molar refractivity (Wildman–Crippen MR) is 81.0 cm³/mol. The summed E-state index contributed by atoms with van der Waals surface area (Å²) in [5, 5.41) is 12.5. The van der Waals surface area contributed by atoms with Gasteiger partial charge in [0, 0.05) is 6.54 Å². The van der Waals surface area contributed by atoms with Crippen molar-refractivity contribution in [1.82, 2.24) is 10.2 Å². The van der Waals surface area contributed by atoms with Crippen LogP contribution in [0.4, 0.5) is 0 Å². The van der Waals surface area contributed by atoms with Crippen molar-refractivity contribution >= 4 is 0 Å². The van der Waals surface area contributed by atoms with E-state index in [-0.39, 0.29) is 5.41 Å². The molecule has 3 heteroatoms. The molecule has 0 amide bonds. The third kappa shape index (κ3) is 6.94. The zero-order valence-electron chi connectivity index (χ0n) is 13.0. The summed E-state index contributed by atoms with van der Waals surface area (Å²) >= 11 is 0. The lowest BCUT2D eigenvalue weighted by molar-refractivity contribution is 0.197. The highest BCUT2D eigenvalue weighted by Gasteiger charge is 2.19. The van der Waals surface area contributed by atoms with Crippen molar-refractivity contribution in [3.05, 3.63) is 0 Å². The molecule has 0 bridgehead atoms. The van der Waals surface area contributed by atoms with E-state index < -0.39 is 0 Å². The molecular formula is C16H31N3. The Kier molecular flexibility index (Phi) is 7.41. The molecule has 0 saturated carbocycles. The second kappa shape index (κ2) is 8.55. The maximum atomic E-state index is 9.05. The molecule has 0 atom stereocenters. The molecule has 1 N–H and O–H groups in total. The molecule has 3 nitrogen and oxygen atoms in total. The molecule has 1 saturated heterocycles. The Balaban J connectivity index is 2.29. The van der Waals surface area contributed by atoms with Crippen LogP contribution in [-0.2, 0) is 0 Å². The number of nitrogens with zero attached hydrogens (tertiary/aromatic N) is 2. The van der Waals surface area contributed by atoms with Crippen molar-refractivity contribution in [2.24, 2.45) is 11.3 Å². The van der Waals surface area contributed by atoms with Crippen LogP contribution in [0.5, 0.6) is 0 Å². The second-order valence-corrected chi connectivity index (χ2v) is 6.59. The van der Waals surface area contributed by atoms with E-state index in [9.17, 15) is 0 Å². The second-order valence-electron chi connectivity index (χ2n) is 6.59. The van der Waals surface area contributed by atoms with Crippen molar-refractivity contribution in [2.45, 2.75) is 52.9 Å². The van der Waals surface area contributed by atoms with Gasteiger partial charge in [0.2, 0.25) is 0 Å². The molecule has 1 rings (SSSR count). The summed E-state index contributed by atoms with van der Waals surface area (Å²) in [5.41, 5.74) is -0.160. The average molecular weight is 265 g/mol. The molecule has 19 heavy (non-hydrogen) atoms. The first-order valence-corrected chi connectivity index (χ1v) is 7.91. The molecule has 0 spiro atoms. The normalized spacial score (nSPS) is 17.6. The van der Waals surface area contributed by atoms with Crippen LogP contribution in [0.25, 0.3) is 0 Å². The summed E-state index contributed by atoms with van der Waals surface area (Å²) < 4.78 is 0. The first kappa shape index (κ1) is 16.5. The van der Waals surface area contributed by atoms with Crippen LogP contribution in [0.1, 0.15) is 52.9 Å². The number of nitrogens with one attached hydrogen (secondary N) is 1. The summed E-state index contributed by atoms with van der Waals surface area (Å²) in [5.74, 6) is 0.872. The fourth-order valence-corrected chi connectivity index (χ4v) is 2.84. The van der Waals surface area contributed by atoms with E-state index >= 15 is 0 Å². The summed E-state index contributed by atoms with van der Waals surface area (Å²) in [7, 11) is 0. The van der Waals surface area contributed by atoms with Crippen LogP contribution in [-0.4, -0.2) is 37.6 Å². The Morgan fingerprint density at radius 1 is 1.26 bits per heavy atom. The van der Waals surface area contributed by atoms with Gasteiger partial charge in [-0.25, -0.2) is 0 Å². The number of rotatable bonds is 8. The Morgan fingerprint density at radius 3 is 2.53 bits per heavy atom. The minimum absolute atomic E-state index is 0.160. The molecule has 0 aromatic carbocycles. The number of hydrogen-bond donors (Lipinski definition) is 1. The number of nitriles is 1. The van der Waals surface area contributed by atoms with Gasteiger partial charge < -0.3 is 10.2 Å². The predicted octanol–water partition coefficient (Wildman–Crippen LogP) is 3.03. The summed E-state index contributed by atoms with van der Waals surface area (Å²) in [6.45, 7) is 12.3. The van der Waals surface area contributed by atoms with E-state index in [0.717, 1.165) is 25.3 Å². The Bertz CT molecular complexity index is 274.